The van der Waals surface area contributed by atoms with Crippen molar-refractivity contribution in [1.82, 2.24) is 23.7 Å². The number of carbonyl (C=O) groups is 1. The summed E-state index contributed by atoms with van der Waals surface area (Å²) in [6, 6.07) is 0.785. The van der Waals surface area contributed by atoms with Crippen LogP contribution in [0, 0.1) is 0 Å². The third-order valence-corrected chi connectivity index (χ3v) is 5.61. The molecule has 2 atom stereocenters. The molecule has 7 heteroatoms. The third-order valence-electron chi connectivity index (χ3n) is 4.97. The number of hydrogen-bond donors (Lipinski definition) is 0. The minimum atomic E-state index is 0.318. The van der Waals surface area contributed by atoms with Crippen molar-refractivity contribution in [3.63, 3.8) is 0 Å². The smallest absolute Gasteiger partial charge is 0.224 e. The summed E-state index contributed by atoms with van der Waals surface area (Å²) in [7, 11) is 0. The summed E-state index contributed by atoms with van der Waals surface area (Å²) in [6.45, 7) is 3.78. The van der Waals surface area contributed by atoms with Gasteiger partial charge in [0.15, 0.2) is 0 Å². The number of aryl methyl sites for hydroxylation is 1. The van der Waals surface area contributed by atoms with E-state index >= 15 is 0 Å². The van der Waals surface area contributed by atoms with Crippen molar-refractivity contribution in [1.29, 1.82) is 0 Å². The molecule has 1 amide bonds. The molecule has 0 radical (unpaired) electrons. The maximum absolute atomic E-state index is 12.4. The van der Waals surface area contributed by atoms with Crippen molar-refractivity contribution in [2.24, 2.45) is 0 Å². The standard InChI is InChI=1S/C16H21N5OS/c22-16-8-15-14(2-6-20(15)10-13-9-18-23-11-13)21(16)5-1-4-19-7-3-17-12-19/h3,7,9,11-12,14-15H,1-2,4-6,8,10H2/t14-,15-/m0/s1. The van der Waals surface area contributed by atoms with E-state index in [0.717, 1.165) is 39.0 Å². The summed E-state index contributed by atoms with van der Waals surface area (Å²) in [5.41, 5.74) is 1.27. The Bertz CT molecular complexity index is 641. The highest BCUT2D eigenvalue weighted by atomic mass is 32.1. The van der Waals surface area contributed by atoms with E-state index in [4.69, 9.17) is 0 Å². The van der Waals surface area contributed by atoms with Gasteiger partial charge in [-0.1, -0.05) is 0 Å². The van der Waals surface area contributed by atoms with Gasteiger partial charge in [0.1, 0.15) is 0 Å². The number of hydrogen-bond acceptors (Lipinski definition) is 5. The Labute approximate surface area is 139 Å². The largest absolute Gasteiger partial charge is 0.338 e. The summed E-state index contributed by atoms with van der Waals surface area (Å²) in [4.78, 5) is 21.0. The van der Waals surface area contributed by atoms with Gasteiger partial charge in [0.25, 0.3) is 0 Å². The van der Waals surface area contributed by atoms with Gasteiger partial charge in [-0.15, -0.1) is 0 Å². The monoisotopic (exact) mass is 331 g/mol. The molecular weight excluding hydrogens is 310 g/mol. The van der Waals surface area contributed by atoms with Gasteiger partial charge in [0.2, 0.25) is 5.91 Å². The molecule has 2 aliphatic heterocycles. The highest BCUT2D eigenvalue weighted by Gasteiger charge is 2.46. The Balaban J connectivity index is 1.34. The molecule has 2 aromatic rings. The van der Waals surface area contributed by atoms with Gasteiger partial charge in [-0.3, -0.25) is 9.69 Å². The molecule has 4 rings (SSSR count). The molecule has 6 nitrogen and oxygen atoms in total. The second kappa shape index (κ2) is 6.41. The average molecular weight is 331 g/mol. The molecule has 2 aromatic heterocycles. The third kappa shape index (κ3) is 3.03. The first-order chi connectivity index (χ1) is 11.3. The quantitative estimate of drug-likeness (QED) is 0.807. The molecular formula is C16H21N5OS. The lowest BCUT2D eigenvalue weighted by Gasteiger charge is -2.25. The van der Waals surface area contributed by atoms with Gasteiger partial charge in [-0.2, -0.15) is 0 Å². The van der Waals surface area contributed by atoms with Gasteiger partial charge in [-0.05, 0) is 29.9 Å². The lowest BCUT2D eigenvalue weighted by atomic mass is 10.1. The highest BCUT2D eigenvalue weighted by molar-refractivity contribution is 7.03. The number of carbonyl (C=O) groups excluding carboxylic acids is 1. The Morgan fingerprint density at radius 2 is 2.26 bits per heavy atom. The van der Waals surface area contributed by atoms with Crippen LogP contribution in [0.2, 0.25) is 0 Å². The number of fused-ring (bicyclic) bond motifs is 1. The van der Waals surface area contributed by atoms with Crippen LogP contribution in [-0.4, -0.2) is 54.8 Å². The predicted octanol–water partition coefficient (Wildman–Crippen LogP) is 1.61. The van der Waals surface area contributed by atoms with Crippen molar-refractivity contribution in [2.75, 3.05) is 13.1 Å². The minimum Gasteiger partial charge on any atom is -0.338 e. The van der Waals surface area contributed by atoms with Crippen LogP contribution in [0.4, 0.5) is 0 Å². The first-order valence-corrected chi connectivity index (χ1v) is 9.02. The molecule has 0 saturated carbocycles. The van der Waals surface area contributed by atoms with Crippen LogP contribution >= 0.6 is 11.5 Å². The Hall–Kier alpha value is -1.73. The fraction of sp³-hybridized carbons (Fsp3) is 0.562. The van der Waals surface area contributed by atoms with E-state index in [-0.39, 0.29) is 0 Å². The zero-order valence-corrected chi connectivity index (χ0v) is 13.9. The van der Waals surface area contributed by atoms with Crippen LogP contribution in [0.25, 0.3) is 0 Å². The van der Waals surface area contributed by atoms with E-state index in [0.29, 0.717) is 24.4 Å². The summed E-state index contributed by atoms with van der Waals surface area (Å²) in [5.74, 6) is 0.318. The topological polar surface area (TPSA) is 54.3 Å². The van der Waals surface area contributed by atoms with E-state index in [1.54, 1.807) is 6.20 Å². The zero-order valence-electron chi connectivity index (χ0n) is 13.0. The van der Waals surface area contributed by atoms with E-state index in [1.165, 1.54) is 17.1 Å². The SMILES string of the molecule is O=C1C[C@H]2[C@H](CCN2Cc2cnsc2)N1CCCn1ccnc1. The number of nitrogens with zero attached hydrogens (tertiary/aromatic N) is 5. The predicted molar refractivity (Wildman–Crippen MR) is 87.9 cm³/mol. The maximum Gasteiger partial charge on any atom is 0.224 e. The van der Waals surface area contributed by atoms with Crippen LogP contribution in [0.1, 0.15) is 24.8 Å². The number of likely N-dealkylation sites (tertiary alicyclic amines) is 2. The van der Waals surface area contributed by atoms with Gasteiger partial charge >= 0.3 is 0 Å². The van der Waals surface area contributed by atoms with Crippen LogP contribution in [-0.2, 0) is 17.9 Å². The van der Waals surface area contributed by atoms with Crippen molar-refractivity contribution in [2.45, 2.75) is 44.4 Å². The molecule has 0 aromatic carbocycles. The van der Waals surface area contributed by atoms with Crippen LogP contribution < -0.4 is 0 Å². The van der Waals surface area contributed by atoms with E-state index in [9.17, 15) is 4.79 Å². The molecule has 2 aliphatic rings. The lowest BCUT2D eigenvalue weighted by molar-refractivity contribution is -0.129. The summed E-state index contributed by atoms with van der Waals surface area (Å²) < 4.78 is 6.25. The van der Waals surface area contributed by atoms with Crippen molar-refractivity contribution in [3.8, 4) is 0 Å². The molecule has 2 saturated heterocycles. The van der Waals surface area contributed by atoms with E-state index in [2.05, 4.69) is 29.1 Å². The number of amides is 1. The fourth-order valence-electron chi connectivity index (χ4n) is 3.88. The Kier molecular flexibility index (Phi) is 4.13. The summed E-state index contributed by atoms with van der Waals surface area (Å²) >= 11 is 1.50. The molecule has 122 valence electrons. The highest BCUT2D eigenvalue weighted by Crippen LogP contribution is 2.33. The molecule has 2 fully saturated rings. The van der Waals surface area contributed by atoms with Gasteiger partial charge in [0.05, 0.1) is 6.33 Å². The summed E-state index contributed by atoms with van der Waals surface area (Å²) in [6.07, 6.45) is 10.3. The second-order valence-electron chi connectivity index (χ2n) is 6.37. The molecule has 0 bridgehead atoms. The number of rotatable bonds is 6. The first kappa shape index (κ1) is 14.8. The van der Waals surface area contributed by atoms with E-state index < -0.39 is 0 Å². The van der Waals surface area contributed by atoms with Gasteiger partial charge in [0, 0.05) is 68.7 Å². The fourth-order valence-corrected chi connectivity index (χ4v) is 4.41. The average Bonchev–Trinajstić information content (AvgIpc) is 3.29. The Morgan fingerprint density at radius 3 is 3.04 bits per heavy atom. The second-order valence-corrected chi connectivity index (χ2v) is 7.03. The van der Waals surface area contributed by atoms with Gasteiger partial charge in [-0.25, -0.2) is 9.36 Å². The molecule has 0 unspecified atom stereocenters. The lowest BCUT2D eigenvalue weighted by Crippen LogP contribution is -2.37. The van der Waals surface area contributed by atoms with Crippen molar-refractivity contribution in [3.05, 3.63) is 35.9 Å². The maximum atomic E-state index is 12.4. The van der Waals surface area contributed by atoms with Crippen LogP contribution in [0.3, 0.4) is 0 Å². The van der Waals surface area contributed by atoms with Crippen LogP contribution in [0.15, 0.2) is 30.3 Å². The normalized spacial score (nSPS) is 24.5. The zero-order chi connectivity index (χ0) is 15.6. The first-order valence-electron chi connectivity index (χ1n) is 8.19. The Morgan fingerprint density at radius 1 is 1.30 bits per heavy atom. The van der Waals surface area contributed by atoms with Crippen LogP contribution in [0.5, 0.6) is 0 Å². The number of imidazole rings is 1. The van der Waals surface area contributed by atoms with Crippen molar-refractivity contribution < 1.29 is 4.79 Å². The summed E-state index contributed by atoms with van der Waals surface area (Å²) in [5, 5.41) is 2.10. The number of aromatic nitrogens is 3. The van der Waals surface area contributed by atoms with E-state index in [1.807, 2.05) is 18.7 Å². The van der Waals surface area contributed by atoms with Crippen molar-refractivity contribution >= 4 is 17.4 Å². The minimum absolute atomic E-state index is 0.318. The van der Waals surface area contributed by atoms with Gasteiger partial charge < -0.3 is 9.47 Å². The molecule has 4 heterocycles. The molecule has 23 heavy (non-hydrogen) atoms. The molecule has 0 N–H and O–H groups in total. The molecule has 0 aliphatic carbocycles. The molecule has 0 spiro atoms.